The highest BCUT2D eigenvalue weighted by Crippen LogP contribution is 2.14. The van der Waals surface area contributed by atoms with Gasteiger partial charge < -0.3 is 9.64 Å². The van der Waals surface area contributed by atoms with Crippen molar-refractivity contribution in [1.29, 1.82) is 0 Å². The average molecular weight is 341 g/mol. The summed E-state index contributed by atoms with van der Waals surface area (Å²) in [5, 5.41) is 0. The van der Waals surface area contributed by atoms with E-state index >= 15 is 0 Å². The van der Waals surface area contributed by atoms with Crippen molar-refractivity contribution in [2.45, 2.75) is 26.7 Å². The van der Waals surface area contributed by atoms with Crippen molar-refractivity contribution >= 4 is 11.8 Å². The lowest BCUT2D eigenvalue weighted by atomic mass is 10.2. The molecule has 0 aliphatic carbocycles. The van der Waals surface area contributed by atoms with Crippen LogP contribution in [0.15, 0.2) is 36.4 Å². The fraction of sp³-hybridized carbons (Fsp3) is 0.368. The quantitative estimate of drug-likeness (QED) is 0.909. The maximum absolute atomic E-state index is 12.3. The minimum absolute atomic E-state index is 0.0119. The predicted molar refractivity (Wildman–Crippen MR) is 95.3 cm³/mol. The fourth-order valence-corrected chi connectivity index (χ4v) is 2.92. The van der Waals surface area contributed by atoms with Crippen LogP contribution in [0.1, 0.15) is 34.6 Å². The third-order valence-corrected chi connectivity index (χ3v) is 4.42. The summed E-state index contributed by atoms with van der Waals surface area (Å²) in [7, 11) is 0. The highest BCUT2D eigenvalue weighted by atomic mass is 16.5. The molecule has 2 amide bonds. The van der Waals surface area contributed by atoms with Crippen molar-refractivity contribution in [1.82, 2.24) is 9.58 Å². The van der Waals surface area contributed by atoms with Gasteiger partial charge in [-0.25, -0.2) is 0 Å². The summed E-state index contributed by atoms with van der Waals surface area (Å²) in [4.78, 5) is 26.1. The number of aromatic nitrogens is 1. The first-order valence-corrected chi connectivity index (χ1v) is 8.51. The van der Waals surface area contributed by atoms with Crippen LogP contribution in [0.25, 0.3) is 0 Å². The molecule has 1 aliphatic heterocycles. The number of benzene rings is 1. The maximum Gasteiger partial charge on any atom is 0.270 e. The highest BCUT2D eigenvalue weighted by molar-refractivity contribution is 6.00. The van der Waals surface area contributed by atoms with E-state index in [-0.39, 0.29) is 18.4 Å². The number of nitrogens with zero attached hydrogens (tertiary/aromatic N) is 2. The van der Waals surface area contributed by atoms with Crippen molar-refractivity contribution in [3.05, 3.63) is 53.3 Å². The molecule has 6 heteroatoms. The lowest BCUT2D eigenvalue weighted by Crippen LogP contribution is -2.32. The topological polar surface area (TPSA) is 63.6 Å². The first kappa shape index (κ1) is 17.1. The Labute approximate surface area is 147 Å². The Morgan fingerprint density at radius 2 is 1.60 bits per heavy atom. The zero-order chi connectivity index (χ0) is 17.8. The van der Waals surface area contributed by atoms with Crippen LogP contribution in [0.3, 0.4) is 0 Å². The molecule has 1 aromatic heterocycles. The third-order valence-electron chi connectivity index (χ3n) is 4.42. The minimum atomic E-state index is -0.193. The summed E-state index contributed by atoms with van der Waals surface area (Å²) in [6.45, 7) is 5.54. The molecule has 2 aromatic rings. The number of hydrogen-bond donors (Lipinski definition) is 1. The van der Waals surface area contributed by atoms with Crippen LogP contribution >= 0.6 is 0 Å². The summed E-state index contributed by atoms with van der Waals surface area (Å²) in [5.74, 6) is 0.400. The molecule has 0 atom stereocenters. The van der Waals surface area contributed by atoms with Gasteiger partial charge in [0, 0.05) is 30.0 Å². The van der Waals surface area contributed by atoms with Crippen molar-refractivity contribution in [3.63, 3.8) is 0 Å². The van der Waals surface area contributed by atoms with Crippen LogP contribution < -0.4 is 10.2 Å². The molecule has 1 N–H and O–H groups in total. The SMILES string of the molecule is Cc1ccc(C)n1NC(=O)c1ccc(OCC(=O)N2CCCC2)cc1. The third kappa shape index (κ3) is 4.02. The van der Waals surface area contributed by atoms with Gasteiger partial charge in [-0.2, -0.15) is 0 Å². The van der Waals surface area contributed by atoms with Gasteiger partial charge >= 0.3 is 0 Å². The molecule has 2 heterocycles. The van der Waals surface area contributed by atoms with Crippen molar-refractivity contribution in [3.8, 4) is 5.75 Å². The fourth-order valence-electron chi connectivity index (χ4n) is 2.92. The molecule has 0 bridgehead atoms. The number of ether oxygens (including phenoxy) is 1. The van der Waals surface area contributed by atoms with Crippen molar-refractivity contribution in [2.75, 3.05) is 25.1 Å². The second kappa shape index (κ2) is 7.42. The molecular weight excluding hydrogens is 318 g/mol. The highest BCUT2D eigenvalue weighted by Gasteiger charge is 2.18. The van der Waals surface area contributed by atoms with Crippen LogP contribution in [-0.2, 0) is 4.79 Å². The van der Waals surface area contributed by atoms with Crippen LogP contribution in [0.5, 0.6) is 5.75 Å². The number of rotatable bonds is 5. The van der Waals surface area contributed by atoms with E-state index in [4.69, 9.17) is 4.74 Å². The van der Waals surface area contributed by atoms with Gasteiger partial charge in [0.05, 0.1) is 0 Å². The standard InChI is InChI=1S/C19H23N3O3/c1-14-5-6-15(2)22(14)20-19(24)16-7-9-17(10-8-16)25-13-18(23)21-11-3-4-12-21/h5-10H,3-4,11-13H2,1-2H3,(H,20,24). The monoisotopic (exact) mass is 341 g/mol. The molecular formula is C19H23N3O3. The summed E-state index contributed by atoms with van der Waals surface area (Å²) in [5.41, 5.74) is 5.32. The van der Waals surface area contributed by atoms with Gasteiger partial charge in [0.15, 0.2) is 6.61 Å². The largest absolute Gasteiger partial charge is 0.484 e. The maximum atomic E-state index is 12.3. The Morgan fingerprint density at radius 1 is 1.00 bits per heavy atom. The van der Waals surface area contributed by atoms with E-state index in [1.165, 1.54) is 0 Å². The molecule has 0 spiro atoms. The van der Waals surface area contributed by atoms with Gasteiger partial charge in [-0.3, -0.25) is 19.7 Å². The lowest BCUT2D eigenvalue weighted by molar-refractivity contribution is -0.132. The smallest absolute Gasteiger partial charge is 0.270 e. The molecule has 1 fully saturated rings. The van der Waals surface area contributed by atoms with Gasteiger partial charge in [-0.05, 0) is 63.1 Å². The summed E-state index contributed by atoms with van der Waals surface area (Å²) in [6, 6.07) is 10.7. The molecule has 0 unspecified atom stereocenters. The van der Waals surface area contributed by atoms with E-state index in [9.17, 15) is 9.59 Å². The predicted octanol–water partition coefficient (Wildman–Crippen LogP) is 2.49. The van der Waals surface area contributed by atoms with E-state index in [2.05, 4.69) is 5.43 Å². The second-order valence-electron chi connectivity index (χ2n) is 6.29. The van der Waals surface area contributed by atoms with E-state index in [1.54, 1.807) is 28.9 Å². The number of nitrogens with one attached hydrogen (secondary N) is 1. The summed E-state index contributed by atoms with van der Waals surface area (Å²) < 4.78 is 7.28. The number of hydrogen-bond acceptors (Lipinski definition) is 3. The first-order chi connectivity index (χ1) is 12.0. The Balaban J connectivity index is 1.56. The van der Waals surface area contributed by atoms with E-state index < -0.39 is 0 Å². The number of carbonyl (C=O) groups excluding carboxylic acids is 2. The number of carbonyl (C=O) groups is 2. The summed E-state index contributed by atoms with van der Waals surface area (Å²) in [6.07, 6.45) is 2.13. The summed E-state index contributed by atoms with van der Waals surface area (Å²) >= 11 is 0. The van der Waals surface area contributed by atoms with Crippen molar-refractivity contribution < 1.29 is 14.3 Å². The van der Waals surface area contributed by atoms with E-state index in [0.717, 1.165) is 37.3 Å². The molecule has 0 radical (unpaired) electrons. The molecule has 0 saturated carbocycles. The molecule has 3 rings (SSSR count). The van der Waals surface area contributed by atoms with Gasteiger partial charge in [-0.15, -0.1) is 0 Å². The van der Waals surface area contributed by atoms with Crippen LogP contribution in [0.4, 0.5) is 0 Å². The van der Waals surface area contributed by atoms with Crippen LogP contribution in [0.2, 0.25) is 0 Å². The Kier molecular flexibility index (Phi) is 5.07. The van der Waals surface area contributed by atoms with Gasteiger partial charge in [0.1, 0.15) is 5.75 Å². The Hall–Kier alpha value is -2.76. The Bertz CT molecular complexity index is 739. The van der Waals surface area contributed by atoms with E-state index in [0.29, 0.717) is 11.3 Å². The lowest BCUT2D eigenvalue weighted by Gasteiger charge is -2.15. The minimum Gasteiger partial charge on any atom is -0.484 e. The molecule has 1 aliphatic rings. The van der Waals surface area contributed by atoms with Crippen LogP contribution in [0, 0.1) is 13.8 Å². The molecule has 132 valence electrons. The van der Waals surface area contributed by atoms with Gasteiger partial charge in [0.2, 0.25) is 0 Å². The molecule has 6 nitrogen and oxygen atoms in total. The number of amides is 2. The van der Waals surface area contributed by atoms with Crippen LogP contribution in [-0.4, -0.2) is 41.1 Å². The second-order valence-corrected chi connectivity index (χ2v) is 6.29. The zero-order valence-electron chi connectivity index (χ0n) is 14.6. The first-order valence-electron chi connectivity index (χ1n) is 8.51. The van der Waals surface area contributed by atoms with E-state index in [1.807, 2.05) is 30.9 Å². The van der Waals surface area contributed by atoms with Crippen molar-refractivity contribution in [2.24, 2.45) is 0 Å². The normalized spacial score (nSPS) is 13.8. The zero-order valence-corrected chi connectivity index (χ0v) is 14.6. The number of likely N-dealkylation sites (tertiary alicyclic amines) is 1. The molecule has 25 heavy (non-hydrogen) atoms. The van der Waals surface area contributed by atoms with Gasteiger partial charge in [-0.1, -0.05) is 0 Å². The Morgan fingerprint density at radius 3 is 2.20 bits per heavy atom. The molecule has 1 aromatic carbocycles. The number of aryl methyl sites for hydroxylation is 2. The average Bonchev–Trinajstić information content (AvgIpc) is 3.26. The van der Waals surface area contributed by atoms with Gasteiger partial charge in [0.25, 0.3) is 11.8 Å². The molecule has 1 saturated heterocycles.